The van der Waals surface area contributed by atoms with Gasteiger partial charge in [0.2, 0.25) is 0 Å². The summed E-state index contributed by atoms with van der Waals surface area (Å²) in [5, 5.41) is 16.7. The fourth-order valence-electron chi connectivity index (χ4n) is 5.85. The molecule has 1 saturated carbocycles. The summed E-state index contributed by atoms with van der Waals surface area (Å²) in [6.07, 6.45) is -0.105. The van der Waals surface area contributed by atoms with E-state index in [1.165, 1.54) is 30.5 Å². The van der Waals surface area contributed by atoms with Crippen molar-refractivity contribution in [2.45, 2.75) is 62.9 Å². The smallest absolute Gasteiger partial charge is 0.383 e. The van der Waals surface area contributed by atoms with Gasteiger partial charge in [-0.15, -0.1) is 0 Å². The number of nitriles is 1. The summed E-state index contributed by atoms with van der Waals surface area (Å²) < 4.78 is 74.6. The zero-order valence-electron chi connectivity index (χ0n) is 28.0. The van der Waals surface area contributed by atoms with Gasteiger partial charge in [-0.05, 0) is 98.5 Å². The van der Waals surface area contributed by atoms with Crippen molar-refractivity contribution >= 4 is 39.2 Å². The highest BCUT2D eigenvalue weighted by molar-refractivity contribution is 7.84. The van der Waals surface area contributed by atoms with Gasteiger partial charge in [-0.1, -0.05) is 37.1 Å². The third kappa shape index (κ3) is 7.50. The summed E-state index contributed by atoms with van der Waals surface area (Å²) in [5.74, 6) is -1.31. The highest BCUT2D eigenvalue weighted by Gasteiger charge is 2.41. The second kappa shape index (κ2) is 13.5. The number of alkyl halides is 3. The number of nitrogen functional groups attached to an aromatic ring is 1. The Hall–Kier alpha value is -5.13. The number of anilines is 2. The molecule has 1 fully saturated rings. The number of halogens is 4. The molecule has 9 nitrogen and oxygen atoms in total. The maximum atomic E-state index is 15.6. The van der Waals surface area contributed by atoms with Gasteiger partial charge in [-0.25, -0.2) is 23.0 Å². The molecular formula is C37H35F4N7O2S. The molecule has 1 amide bonds. The van der Waals surface area contributed by atoms with E-state index in [2.05, 4.69) is 26.2 Å². The quantitative estimate of drug-likeness (QED) is 0.126. The first-order valence-electron chi connectivity index (χ1n) is 16.2. The van der Waals surface area contributed by atoms with Crippen molar-refractivity contribution in [1.82, 2.24) is 19.5 Å². The van der Waals surface area contributed by atoms with Gasteiger partial charge in [0.25, 0.3) is 5.91 Å². The van der Waals surface area contributed by atoms with Crippen LogP contribution in [0.5, 0.6) is 0 Å². The van der Waals surface area contributed by atoms with Gasteiger partial charge in [-0.2, -0.15) is 23.5 Å². The topological polar surface area (TPSA) is 139 Å². The van der Waals surface area contributed by atoms with Crippen LogP contribution in [0, 0.1) is 23.1 Å². The molecule has 5 aromatic rings. The van der Waals surface area contributed by atoms with E-state index in [0.717, 1.165) is 30.0 Å². The molecule has 0 saturated heterocycles. The average Bonchev–Trinajstić information content (AvgIpc) is 3.81. The standard InChI is InChI=1S/C37H35F4N7O2S/c1-35(2,3)51(50)47-36(16-14-22-4-5-22,25-9-6-23(21-42)7-10-25)26-11-13-29(38)30(18-26)45-34(49)31-20-32(37(39,40)41)46-48(31)27-12-8-24-15-17-44-33(43)28(24)19-27/h6-13,15,17-20,22,47H,4-5,14,16H2,1-3H3,(H2,43,44)(H,45,49). The van der Waals surface area contributed by atoms with Gasteiger partial charge >= 0.3 is 6.18 Å². The van der Waals surface area contributed by atoms with Gasteiger partial charge in [0.05, 0.1) is 44.3 Å². The Morgan fingerprint density at radius 3 is 2.37 bits per heavy atom. The molecule has 14 heteroatoms. The predicted molar refractivity (Wildman–Crippen MR) is 188 cm³/mol. The second-order valence-corrected chi connectivity index (χ2v) is 15.6. The minimum atomic E-state index is -4.89. The van der Waals surface area contributed by atoms with Crippen LogP contribution in [-0.2, 0) is 22.7 Å². The van der Waals surface area contributed by atoms with E-state index < -0.39 is 50.6 Å². The molecule has 4 N–H and O–H groups in total. The van der Waals surface area contributed by atoms with E-state index >= 15 is 4.39 Å². The van der Waals surface area contributed by atoms with E-state index in [0.29, 0.717) is 45.9 Å². The summed E-state index contributed by atoms with van der Waals surface area (Å²) >= 11 is 0. The number of carbonyl (C=O) groups is 1. The first kappa shape index (κ1) is 35.7. The van der Waals surface area contributed by atoms with Gasteiger partial charge in [0.15, 0.2) is 5.69 Å². The Morgan fingerprint density at radius 2 is 1.73 bits per heavy atom. The van der Waals surface area contributed by atoms with Crippen molar-refractivity contribution in [1.29, 1.82) is 5.26 Å². The fraction of sp³-hybridized carbons (Fsp3) is 0.297. The van der Waals surface area contributed by atoms with Crippen LogP contribution in [0.25, 0.3) is 16.5 Å². The van der Waals surface area contributed by atoms with E-state index in [1.807, 2.05) is 20.8 Å². The zero-order chi connectivity index (χ0) is 36.7. The lowest BCUT2D eigenvalue weighted by atomic mass is 9.79. The molecule has 0 spiro atoms. The number of nitrogens with zero attached hydrogens (tertiary/aromatic N) is 4. The molecule has 264 valence electrons. The third-order valence-electron chi connectivity index (χ3n) is 8.92. The van der Waals surface area contributed by atoms with Gasteiger partial charge in [0, 0.05) is 17.6 Å². The number of aromatic nitrogens is 3. The normalized spacial score (nSPS) is 15.3. The van der Waals surface area contributed by atoms with Gasteiger partial charge in [-0.3, -0.25) is 4.79 Å². The zero-order valence-corrected chi connectivity index (χ0v) is 28.8. The lowest BCUT2D eigenvalue weighted by molar-refractivity contribution is -0.141. The molecule has 2 heterocycles. The summed E-state index contributed by atoms with van der Waals surface area (Å²) in [5.41, 5.74) is 4.37. The summed E-state index contributed by atoms with van der Waals surface area (Å²) in [6.45, 7) is 5.45. The van der Waals surface area contributed by atoms with E-state index in [-0.39, 0.29) is 17.2 Å². The van der Waals surface area contributed by atoms with Crippen LogP contribution in [-0.4, -0.2) is 29.6 Å². The van der Waals surface area contributed by atoms with Crippen LogP contribution < -0.4 is 15.8 Å². The summed E-state index contributed by atoms with van der Waals surface area (Å²) in [7, 11) is -1.63. The fourth-order valence-corrected chi connectivity index (χ4v) is 6.81. The molecule has 6 rings (SSSR count). The Labute approximate surface area is 294 Å². The molecule has 0 radical (unpaired) electrons. The second-order valence-electron chi connectivity index (χ2n) is 13.6. The Kier molecular flexibility index (Phi) is 9.47. The van der Waals surface area contributed by atoms with Crippen LogP contribution in [0.2, 0.25) is 0 Å². The molecule has 2 atom stereocenters. The molecule has 0 bridgehead atoms. The number of pyridine rings is 1. The first-order chi connectivity index (χ1) is 24.1. The molecule has 51 heavy (non-hydrogen) atoms. The lowest BCUT2D eigenvalue weighted by Crippen LogP contribution is -2.49. The van der Waals surface area contributed by atoms with Crippen LogP contribution >= 0.6 is 0 Å². The molecule has 2 unspecified atom stereocenters. The van der Waals surface area contributed by atoms with Crippen molar-refractivity contribution in [3.8, 4) is 11.8 Å². The largest absolute Gasteiger partial charge is 0.435 e. The van der Waals surface area contributed by atoms with Crippen molar-refractivity contribution < 1.29 is 26.6 Å². The van der Waals surface area contributed by atoms with Crippen molar-refractivity contribution in [2.75, 3.05) is 11.1 Å². The van der Waals surface area contributed by atoms with Gasteiger partial charge in [0.1, 0.15) is 17.3 Å². The summed E-state index contributed by atoms with van der Waals surface area (Å²) in [4.78, 5) is 17.9. The highest BCUT2D eigenvalue weighted by atomic mass is 32.2. The van der Waals surface area contributed by atoms with E-state index in [9.17, 15) is 27.4 Å². The third-order valence-corrected chi connectivity index (χ3v) is 10.6. The van der Waals surface area contributed by atoms with Gasteiger partial charge < -0.3 is 11.1 Å². The Morgan fingerprint density at radius 1 is 1.02 bits per heavy atom. The molecule has 3 aromatic carbocycles. The van der Waals surface area contributed by atoms with E-state index in [4.69, 9.17) is 5.73 Å². The number of amides is 1. The van der Waals surface area contributed by atoms with Crippen LogP contribution in [0.15, 0.2) is 79.0 Å². The Bertz CT molecular complexity index is 2180. The monoisotopic (exact) mass is 717 g/mol. The minimum absolute atomic E-state index is 0.103. The van der Waals surface area contributed by atoms with Crippen molar-refractivity contribution in [3.63, 3.8) is 0 Å². The lowest BCUT2D eigenvalue weighted by Gasteiger charge is -2.38. The SMILES string of the molecule is CC(C)(C)S(=O)NC(CCC1CC1)(c1ccc(C#N)cc1)c1ccc(F)c(NC(=O)c2cc(C(F)(F)F)nn2-c2ccc3ccnc(N)c3c2)c1. The molecule has 2 aromatic heterocycles. The maximum Gasteiger partial charge on any atom is 0.435 e. The number of nitrogens with two attached hydrogens (primary N) is 1. The Balaban J connectivity index is 1.44. The molecule has 0 aliphatic heterocycles. The minimum Gasteiger partial charge on any atom is -0.383 e. The number of rotatable bonds is 10. The highest BCUT2D eigenvalue weighted by Crippen LogP contribution is 2.43. The summed E-state index contributed by atoms with van der Waals surface area (Å²) in [6, 6.07) is 19.8. The van der Waals surface area contributed by atoms with E-state index in [1.54, 1.807) is 36.4 Å². The number of hydrogen-bond acceptors (Lipinski definition) is 6. The van der Waals surface area contributed by atoms with Crippen LogP contribution in [0.1, 0.15) is 79.3 Å². The van der Waals surface area contributed by atoms with Crippen molar-refractivity contribution in [2.24, 2.45) is 5.92 Å². The number of carbonyl (C=O) groups excluding carboxylic acids is 1. The first-order valence-corrected chi connectivity index (χ1v) is 17.4. The molecular weight excluding hydrogens is 683 g/mol. The van der Waals surface area contributed by atoms with Crippen molar-refractivity contribution in [3.05, 3.63) is 113 Å². The molecule has 1 aliphatic carbocycles. The van der Waals surface area contributed by atoms with Crippen LogP contribution in [0.4, 0.5) is 29.1 Å². The molecule has 1 aliphatic rings. The maximum absolute atomic E-state index is 15.6. The predicted octanol–water partition coefficient (Wildman–Crippen LogP) is 7.77. The van der Waals surface area contributed by atoms with Crippen LogP contribution in [0.3, 0.4) is 0 Å². The number of benzene rings is 3. The number of nitrogens with one attached hydrogen (secondary N) is 2. The average molecular weight is 718 g/mol. The number of fused-ring (bicyclic) bond motifs is 1. The number of hydrogen-bond donors (Lipinski definition) is 3.